The zero-order valence-electron chi connectivity index (χ0n) is 10.3. The van der Waals surface area contributed by atoms with Crippen LogP contribution in [0.4, 0.5) is 0 Å². The topological polar surface area (TPSA) is 76.3 Å². The number of nitrogens with zero attached hydrogens (tertiary/aromatic N) is 3. The van der Waals surface area contributed by atoms with Crippen molar-refractivity contribution in [3.05, 3.63) is 22.7 Å². The number of hydrogen-bond acceptors (Lipinski definition) is 6. The minimum absolute atomic E-state index is 0.0150. The molecule has 0 bridgehead atoms. The molecule has 3 heterocycles. The highest BCUT2D eigenvalue weighted by atomic mass is 32.2. The summed E-state index contributed by atoms with van der Waals surface area (Å²) in [6.45, 7) is 2.51. The van der Waals surface area contributed by atoms with Crippen LogP contribution in [-0.4, -0.2) is 41.7 Å². The largest absolute Gasteiger partial charge is 0.339 e. The Balaban J connectivity index is 1.70. The number of rotatable bonds is 4. The molecule has 2 aromatic rings. The Bertz CT molecular complexity index is 657. The Morgan fingerprint density at radius 2 is 2.32 bits per heavy atom. The van der Waals surface area contributed by atoms with E-state index in [-0.39, 0.29) is 11.7 Å². The van der Waals surface area contributed by atoms with E-state index < -0.39 is 10.0 Å². The Labute approximate surface area is 115 Å². The van der Waals surface area contributed by atoms with Gasteiger partial charge >= 0.3 is 0 Å². The first-order valence-corrected chi connectivity index (χ1v) is 8.49. The van der Waals surface area contributed by atoms with Gasteiger partial charge in [0.05, 0.1) is 11.7 Å². The van der Waals surface area contributed by atoms with Crippen molar-refractivity contribution in [3.63, 3.8) is 0 Å². The Hall–Kier alpha value is -1.25. The minimum atomic E-state index is -3.09. The third kappa shape index (κ3) is 2.31. The van der Waals surface area contributed by atoms with Crippen LogP contribution in [0.15, 0.2) is 21.3 Å². The molecule has 0 aromatic carbocycles. The molecule has 0 atom stereocenters. The first-order valence-electron chi connectivity index (χ1n) is 5.94. The number of sulfonamides is 1. The van der Waals surface area contributed by atoms with Crippen LogP contribution in [0, 0.1) is 0 Å². The summed E-state index contributed by atoms with van der Waals surface area (Å²) in [5, 5.41) is 7.82. The van der Waals surface area contributed by atoms with E-state index in [2.05, 4.69) is 10.1 Å². The van der Waals surface area contributed by atoms with Crippen molar-refractivity contribution in [2.75, 3.05) is 18.8 Å². The lowest BCUT2D eigenvalue weighted by atomic mass is 10.0. The highest BCUT2D eigenvalue weighted by Gasteiger charge is 2.38. The zero-order chi connectivity index (χ0) is 13.5. The summed E-state index contributed by atoms with van der Waals surface area (Å²) in [5.41, 5.74) is 0.928. The van der Waals surface area contributed by atoms with Crippen molar-refractivity contribution in [2.24, 2.45) is 0 Å². The van der Waals surface area contributed by atoms with E-state index in [1.165, 1.54) is 4.31 Å². The van der Waals surface area contributed by atoms with Crippen LogP contribution in [0.25, 0.3) is 11.4 Å². The van der Waals surface area contributed by atoms with Crippen LogP contribution >= 0.6 is 11.3 Å². The van der Waals surface area contributed by atoms with Crippen LogP contribution in [0.2, 0.25) is 0 Å². The molecule has 3 rings (SSSR count). The number of thiophene rings is 1. The maximum absolute atomic E-state index is 11.6. The summed E-state index contributed by atoms with van der Waals surface area (Å²) in [4.78, 5) is 4.32. The molecule has 0 N–H and O–H groups in total. The molecular weight excluding hydrogens is 286 g/mol. The van der Waals surface area contributed by atoms with Crippen LogP contribution in [-0.2, 0) is 10.0 Å². The van der Waals surface area contributed by atoms with Gasteiger partial charge in [0.1, 0.15) is 0 Å². The van der Waals surface area contributed by atoms with Crippen LogP contribution in [0.3, 0.4) is 0 Å². The number of hydrogen-bond donors (Lipinski definition) is 0. The molecule has 19 heavy (non-hydrogen) atoms. The second-order valence-electron chi connectivity index (χ2n) is 4.38. The molecule has 0 radical (unpaired) electrons. The first kappa shape index (κ1) is 12.8. The quantitative estimate of drug-likeness (QED) is 0.856. The molecule has 6 nitrogen and oxygen atoms in total. The van der Waals surface area contributed by atoms with Crippen molar-refractivity contribution < 1.29 is 12.9 Å². The predicted octanol–water partition coefficient (Wildman–Crippen LogP) is 1.55. The van der Waals surface area contributed by atoms with Gasteiger partial charge in [-0.15, -0.1) is 0 Å². The fourth-order valence-corrected chi connectivity index (χ4v) is 3.73. The van der Waals surface area contributed by atoms with Gasteiger partial charge in [0.15, 0.2) is 0 Å². The molecule has 0 saturated carbocycles. The molecule has 1 aliphatic heterocycles. The average molecular weight is 299 g/mol. The van der Waals surface area contributed by atoms with Gasteiger partial charge in [0, 0.05) is 24.0 Å². The molecule has 0 spiro atoms. The fourth-order valence-electron chi connectivity index (χ4n) is 1.91. The van der Waals surface area contributed by atoms with E-state index in [1.807, 2.05) is 16.8 Å². The maximum atomic E-state index is 11.6. The molecule has 8 heteroatoms. The number of aromatic nitrogens is 2. The summed E-state index contributed by atoms with van der Waals surface area (Å²) in [6.07, 6.45) is 0. The van der Waals surface area contributed by atoms with Gasteiger partial charge in [0.2, 0.25) is 21.7 Å². The van der Waals surface area contributed by atoms with Crippen LogP contribution in [0.5, 0.6) is 0 Å². The van der Waals surface area contributed by atoms with Gasteiger partial charge in [-0.3, -0.25) is 0 Å². The standard InChI is InChI=1S/C11H13N3O3S2/c1-2-19(15,16)14-5-9(6-14)11-12-10(13-17-11)8-3-4-18-7-8/h3-4,7,9H,2,5-6H2,1H3. The summed E-state index contributed by atoms with van der Waals surface area (Å²) in [5.74, 6) is 1.22. The normalized spacial score (nSPS) is 17.5. The Morgan fingerprint density at radius 1 is 1.53 bits per heavy atom. The van der Waals surface area contributed by atoms with Crippen molar-refractivity contribution in [3.8, 4) is 11.4 Å². The van der Waals surface area contributed by atoms with Crippen molar-refractivity contribution in [1.29, 1.82) is 0 Å². The predicted molar refractivity (Wildman–Crippen MR) is 71.4 cm³/mol. The van der Waals surface area contributed by atoms with Crippen molar-refractivity contribution in [2.45, 2.75) is 12.8 Å². The summed E-state index contributed by atoms with van der Waals surface area (Å²) < 4.78 is 29.9. The average Bonchev–Trinajstić information content (AvgIpc) is 2.96. The van der Waals surface area contributed by atoms with E-state index in [0.29, 0.717) is 24.8 Å². The third-order valence-corrected chi connectivity index (χ3v) is 5.67. The van der Waals surface area contributed by atoms with Crippen LogP contribution in [0.1, 0.15) is 18.7 Å². The SMILES string of the molecule is CCS(=O)(=O)N1CC(c2nc(-c3ccsc3)no2)C1. The van der Waals surface area contributed by atoms with E-state index in [9.17, 15) is 8.42 Å². The highest BCUT2D eigenvalue weighted by Crippen LogP contribution is 2.29. The summed E-state index contributed by atoms with van der Waals surface area (Å²) in [7, 11) is -3.09. The first-order chi connectivity index (χ1) is 9.10. The Morgan fingerprint density at radius 3 is 2.95 bits per heavy atom. The van der Waals surface area contributed by atoms with Gasteiger partial charge < -0.3 is 4.52 Å². The van der Waals surface area contributed by atoms with Gasteiger partial charge in [0.25, 0.3) is 0 Å². The molecule has 0 aliphatic carbocycles. The van der Waals surface area contributed by atoms with E-state index in [1.54, 1.807) is 18.3 Å². The molecule has 1 fully saturated rings. The van der Waals surface area contributed by atoms with Gasteiger partial charge in [-0.25, -0.2) is 12.7 Å². The molecular formula is C11H13N3O3S2. The summed E-state index contributed by atoms with van der Waals surface area (Å²) in [6, 6.07) is 1.92. The molecule has 0 amide bonds. The molecule has 2 aromatic heterocycles. The second-order valence-corrected chi connectivity index (χ2v) is 7.42. The highest BCUT2D eigenvalue weighted by molar-refractivity contribution is 7.89. The fraction of sp³-hybridized carbons (Fsp3) is 0.455. The van der Waals surface area contributed by atoms with E-state index in [0.717, 1.165) is 5.56 Å². The second kappa shape index (κ2) is 4.69. The third-order valence-electron chi connectivity index (χ3n) is 3.18. The van der Waals surface area contributed by atoms with Crippen molar-refractivity contribution in [1.82, 2.24) is 14.4 Å². The molecule has 0 unspecified atom stereocenters. The van der Waals surface area contributed by atoms with Gasteiger partial charge in [-0.1, -0.05) is 5.16 Å². The van der Waals surface area contributed by atoms with Crippen molar-refractivity contribution >= 4 is 21.4 Å². The minimum Gasteiger partial charge on any atom is -0.339 e. The monoisotopic (exact) mass is 299 g/mol. The molecule has 102 valence electrons. The lowest BCUT2D eigenvalue weighted by Crippen LogP contribution is -2.49. The van der Waals surface area contributed by atoms with E-state index >= 15 is 0 Å². The van der Waals surface area contributed by atoms with Gasteiger partial charge in [-0.2, -0.15) is 16.3 Å². The van der Waals surface area contributed by atoms with Crippen LogP contribution < -0.4 is 0 Å². The lowest BCUT2D eigenvalue weighted by Gasteiger charge is -2.35. The maximum Gasteiger partial charge on any atom is 0.232 e. The summed E-state index contributed by atoms with van der Waals surface area (Å²) >= 11 is 1.57. The van der Waals surface area contributed by atoms with Gasteiger partial charge in [-0.05, 0) is 18.4 Å². The molecule has 1 aliphatic rings. The smallest absolute Gasteiger partial charge is 0.232 e. The zero-order valence-corrected chi connectivity index (χ0v) is 11.9. The molecule has 1 saturated heterocycles. The Kier molecular flexibility index (Phi) is 3.15. The van der Waals surface area contributed by atoms with E-state index in [4.69, 9.17) is 4.52 Å². The lowest BCUT2D eigenvalue weighted by molar-refractivity contribution is 0.217.